The van der Waals surface area contributed by atoms with Gasteiger partial charge < -0.3 is 9.80 Å². The quantitative estimate of drug-likeness (QED) is 0.753. The number of piperazine rings is 1. The van der Waals surface area contributed by atoms with Gasteiger partial charge in [0.1, 0.15) is 0 Å². The van der Waals surface area contributed by atoms with Crippen LogP contribution in [0.1, 0.15) is 5.56 Å². The van der Waals surface area contributed by atoms with Gasteiger partial charge in [-0.25, -0.2) is 0 Å². The number of nitrogens with zero attached hydrogens (tertiary/aromatic N) is 2. The van der Waals surface area contributed by atoms with Crippen LogP contribution in [0.25, 0.3) is 0 Å². The highest BCUT2D eigenvalue weighted by molar-refractivity contribution is 6.33. The molecule has 0 radical (unpaired) electrons. The second-order valence-electron chi connectivity index (χ2n) is 4.21. The lowest BCUT2D eigenvalue weighted by Crippen LogP contribution is -2.44. The van der Waals surface area contributed by atoms with Crippen LogP contribution in [-0.4, -0.2) is 38.1 Å². The molecule has 1 saturated heterocycles. The molecule has 0 aromatic heterocycles. The molecule has 1 aromatic rings. The van der Waals surface area contributed by atoms with E-state index in [9.17, 15) is 0 Å². The van der Waals surface area contributed by atoms with Crippen LogP contribution in [0.3, 0.4) is 0 Å². The highest BCUT2D eigenvalue weighted by Gasteiger charge is 2.16. The van der Waals surface area contributed by atoms with Crippen LogP contribution in [0.15, 0.2) is 18.2 Å². The molecule has 0 N–H and O–H groups in total. The molecule has 1 aliphatic rings. The van der Waals surface area contributed by atoms with Crippen molar-refractivity contribution in [1.82, 2.24) is 4.90 Å². The second-order valence-corrected chi connectivity index (χ2v) is 4.88. The summed E-state index contributed by atoms with van der Waals surface area (Å²) in [7, 11) is 2.15. The SMILES string of the molecule is CN1CCN(c2ccc(CCl)cc2Cl)CC1. The summed E-state index contributed by atoms with van der Waals surface area (Å²) in [4.78, 5) is 4.66. The molecule has 1 heterocycles. The predicted octanol–water partition coefficient (Wildman–Crippen LogP) is 2.83. The Kier molecular flexibility index (Phi) is 3.95. The van der Waals surface area contributed by atoms with Gasteiger partial charge >= 0.3 is 0 Å². The van der Waals surface area contributed by atoms with E-state index in [2.05, 4.69) is 22.9 Å². The van der Waals surface area contributed by atoms with Gasteiger partial charge in [0.15, 0.2) is 0 Å². The minimum atomic E-state index is 0.517. The maximum atomic E-state index is 6.26. The summed E-state index contributed by atoms with van der Waals surface area (Å²) < 4.78 is 0. The Labute approximate surface area is 107 Å². The van der Waals surface area contributed by atoms with E-state index in [1.54, 1.807) is 0 Å². The zero-order valence-electron chi connectivity index (χ0n) is 9.42. The fraction of sp³-hybridized carbons (Fsp3) is 0.500. The Morgan fingerprint density at radius 1 is 1.19 bits per heavy atom. The third-order valence-electron chi connectivity index (χ3n) is 3.01. The molecule has 2 rings (SSSR count). The number of alkyl halides is 1. The molecule has 0 amide bonds. The van der Waals surface area contributed by atoms with Crippen LogP contribution in [0.2, 0.25) is 5.02 Å². The third kappa shape index (κ3) is 2.62. The third-order valence-corrected chi connectivity index (χ3v) is 3.62. The predicted molar refractivity (Wildman–Crippen MR) is 70.7 cm³/mol. The molecule has 0 spiro atoms. The molecular formula is C12H16Cl2N2. The van der Waals surface area contributed by atoms with Gasteiger partial charge in [0, 0.05) is 32.1 Å². The van der Waals surface area contributed by atoms with Crippen molar-refractivity contribution in [3.05, 3.63) is 28.8 Å². The molecular weight excluding hydrogens is 243 g/mol. The first-order valence-corrected chi connectivity index (χ1v) is 6.40. The lowest BCUT2D eigenvalue weighted by atomic mass is 10.2. The summed E-state index contributed by atoms with van der Waals surface area (Å²) in [5.41, 5.74) is 2.20. The average Bonchev–Trinajstić information content (AvgIpc) is 2.30. The first-order valence-electron chi connectivity index (χ1n) is 5.48. The maximum absolute atomic E-state index is 6.26. The van der Waals surface area contributed by atoms with Crippen LogP contribution in [0.4, 0.5) is 5.69 Å². The minimum absolute atomic E-state index is 0.517. The first-order chi connectivity index (χ1) is 7.70. The molecule has 16 heavy (non-hydrogen) atoms. The summed E-state index contributed by atoms with van der Waals surface area (Å²) in [6, 6.07) is 6.08. The summed E-state index contributed by atoms with van der Waals surface area (Å²) in [6.45, 7) is 4.26. The van der Waals surface area contributed by atoms with Gasteiger partial charge in [-0.3, -0.25) is 0 Å². The number of benzene rings is 1. The zero-order chi connectivity index (χ0) is 11.5. The number of halogens is 2. The van der Waals surface area contributed by atoms with Gasteiger partial charge in [-0.2, -0.15) is 0 Å². The fourth-order valence-corrected chi connectivity index (χ4v) is 2.43. The molecule has 1 aromatic carbocycles. The number of anilines is 1. The molecule has 4 heteroatoms. The van der Waals surface area contributed by atoms with Gasteiger partial charge in [0.25, 0.3) is 0 Å². The number of hydrogen-bond donors (Lipinski definition) is 0. The molecule has 0 saturated carbocycles. The second kappa shape index (κ2) is 5.26. The Morgan fingerprint density at radius 2 is 1.88 bits per heavy atom. The molecule has 1 fully saturated rings. The molecule has 88 valence electrons. The van der Waals surface area contributed by atoms with E-state index in [1.807, 2.05) is 12.1 Å². The van der Waals surface area contributed by atoms with Crippen molar-refractivity contribution in [3.8, 4) is 0 Å². The minimum Gasteiger partial charge on any atom is -0.368 e. The highest BCUT2D eigenvalue weighted by Crippen LogP contribution is 2.28. The van der Waals surface area contributed by atoms with E-state index in [4.69, 9.17) is 23.2 Å². The maximum Gasteiger partial charge on any atom is 0.0642 e. The van der Waals surface area contributed by atoms with E-state index in [0.717, 1.165) is 42.5 Å². The largest absolute Gasteiger partial charge is 0.368 e. The Morgan fingerprint density at radius 3 is 2.44 bits per heavy atom. The van der Waals surface area contributed by atoms with Gasteiger partial charge in [0.05, 0.1) is 10.7 Å². The van der Waals surface area contributed by atoms with Crippen molar-refractivity contribution in [2.45, 2.75) is 5.88 Å². The van der Waals surface area contributed by atoms with Crippen molar-refractivity contribution in [2.24, 2.45) is 0 Å². The molecule has 0 aliphatic carbocycles. The molecule has 0 atom stereocenters. The van der Waals surface area contributed by atoms with Crippen molar-refractivity contribution in [2.75, 3.05) is 38.1 Å². The normalized spacial score (nSPS) is 17.8. The van der Waals surface area contributed by atoms with Crippen LogP contribution in [-0.2, 0) is 5.88 Å². The summed E-state index contributed by atoms with van der Waals surface area (Å²) in [6.07, 6.45) is 0. The molecule has 0 unspecified atom stereocenters. The van der Waals surface area contributed by atoms with Gasteiger partial charge in [0.2, 0.25) is 0 Å². The fourth-order valence-electron chi connectivity index (χ4n) is 1.94. The van der Waals surface area contributed by atoms with E-state index >= 15 is 0 Å². The number of rotatable bonds is 2. The molecule has 0 bridgehead atoms. The standard InChI is InChI=1S/C12H16Cl2N2/c1-15-4-6-16(7-5-15)12-3-2-10(9-13)8-11(12)14/h2-3,8H,4-7,9H2,1H3. The summed E-state index contributed by atoms with van der Waals surface area (Å²) in [5.74, 6) is 0.517. The smallest absolute Gasteiger partial charge is 0.0642 e. The zero-order valence-corrected chi connectivity index (χ0v) is 10.9. The van der Waals surface area contributed by atoms with Crippen molar-refractivity contribution < 1.29 is 0 Å². The Balaban J connectivity index is 2.14. The van der Waals surface area contributed by atoms with Gasteiger partial charge in [-0.15, -0.1) is 11.6 Å². The summed E-state index contributed by atoms with van der Waals surface area (Å²) >= 11 is 12.0. The van der Waals surface area contributed by atoms with Gasteiger partial charge in [-0.05, 0) is 24.7 Å². The van der Waals surface area contributed by atoms with E-state index in [-0.39, 0.29) is 0 Å². The molecule has 2 nitrogen and oxygen atoms in total. The van der Waals surface area contributed by atoms with Crippen LogP contribution in [0.5, 0.6) is 0 Å². The van der Waals surface area contributed by atoms with Crippen LogP contribution in [0, 0.1) is 0 Å². The van der Waals surface area contributed by atoms with Crippen LogP contribution >= 0.6 is 23.2 Å². The van der Waals surface area contributed by atoms with Gasteiger partial charge in [-0.1, -0.05) is 17.7 Å². The van der Waals surface area contributed by atoms with E-state index in [1.165, 1.54) is 0 Å². The summed E-state index contributed by atoms with van der Waals surface area (Å²) in [5, 5.41) is 0.808. The topological polar surface area (TPSA) is 6.48 Å². The first kappa shape index (κ1) is 12.0. The highest BCUT2D eigenvalue weighted by atomic mass is 35.5. The monoisotopic (exact) mass is 258 g/mol. The number of likely N-dealkylation sites (N-methyl/N-ethyl adjacent to an activating group) is 1. The average molecular weight is 259 g/mol. The van der Waals surface area contributed by atoms with Crippen molar-refractivity contribution in [1.29, 1.82) is 0 Å². The Hall–Kier alpha value is -0.440. The number of hydrogen-bond acceptors (Lipinski definition) is 2. The van der Waals surface area contributed by atoms with Crippen molar-refractivity contribution in [3.63, 3.8) is 0 Å². The molecule has 1 aliphatic heterocycles. The van der Waals surface area contributed by atoms with E-state index in [0.29, 0.717) is 5.88 Å². The van der Waals surface area contributed by atoms with E-state index < -0.39 is 0 Å². The lowest BCUT2D eigenvalue weighted by molar-refractivity contribution is 0.313. The van der Waals surface area contributed by atoms with Crippen molar-refractivity contribution >= 4 is 28.9 Å². The lowest BCUT2D eigenvalue weighted by Gasteiger charge is -2.34. The van der Waals surface area contributed by atoms with Crippen LogP contribution < -0.4 is 4.90 Å². The Bertz CT molecular complexity index is 360.